The number of hydrogen-bond donors (Lipinski definition) is 1. The monoisotopic (exact) mass is 362 g/mol. The van der Waals surface area contributed by atoms with E-state index >= 15 is 0 Å². The van der Waals surface area contributed by atoms with Crippen LogP contribution in [0.1, 0.15) is 18.1 Å². The van der Waals surface area contributed by atoms with Crippen LogP contribution in [-0.4, -0.2) is 16.4 Å². The number of aromatic nitrogens is 1. The summed E-state index contributed by atoms with van der Waals surface area (Å²) in [5, 5.41) is 12.2. The quantitative estimate of drug-likeness (QED) is 0.544. The second-order valence-electron chi connectivity index (χ2n) is 5.95. The fourth-order valence-corrected chi connectivity index (χ4v) is 2.70. The van der Waals surface area contributed by atoms with Crippen molar-refractivity contribution >= 4 is 28.7 Å². The molecule has 0 spiro atoms. The fraction of sp³-hybridized carbons (Fsp3) is 0.158. The molecule has 0 fully saturated rings. The van der Waals surface area contributed by atoms with E-state index in [0.29, 0.717) is 22.9 Å². The van der Waals surface area contributed by atoms with Crippen LogP contribution in [0.4, 0.5) is 11.5 Å². The predicted octanol–water partition coefficient (Wildman–Crippen LogP) is 4.66. The summed E-state index contributed by atoms with van der Waals surface area (Å²) < 4.78 is 0. The number of allylic oxidation sites excluding steroid dienone is 5. The first-order valence-corrected chi connectivity index (χ1v) is 8.34. The molecule has 136 valence electrons. The van der Waals surface area contributed by atoms with Crippen molar-refractivity contribution in [3.8, 4) is 0 Å². The van der Waals surface area contributed by atoms with Crippen LogP contribution < -0.4 is 5.43 Å². The first-order chi connectivity index (χ1) is 13.2. The van der Waals surface area contributed by atoms with Crippen molar-refractivity contribution in [1.82, 2.24) is 15.5 Å². The highest BCUT2D eigenvalue weighted by Crippen LogP contribution is 2.37. The van der Waals surface area contributed by atoms with Crippen molar-refractivity contribution in [2.45, 2.75) is 20.3 Å². The van der Waals surface area contributed by atoms with Gasteiger partial charge in [-0.05, 0) is 48.0 Å². The van der Waals surface area contributed by atoms with Crippen molar-refractivity contribution in [1.29, 1.82) is 0 Å². The lowest BCUT2D eigenvalue weighted by Crippen LogP contribution is -2.13. The number of nitroso groups, excluding NO2 is 2. The van der Waals surface area contributed by atoms with Gasteiger partial charge in [0.25, 0.3) is 0 Å². The molecule has 0 amide bonds. The average molecular weight is 362 g/mol. The Morgan fingerprint density at radius 1 is 1.30 bits per heavy atom. The third-order valence-electron chi connectivity index (χ3n) is 3.97. The number of hydrogen-bond acceptors (Lipinski definition) is 8. The molecule has 27 heavy (non-hydrogen) atoms. The number of benzene rings is 1. The second kappa shape index (κ2) is 8.13. The number of rotatable bonds is 8. The van der Waals surface area contributed by atoms with Gasteiger partial charge in [0, 0.05) is 23.6 Å². The Morgan fingerprint density at radius 3 is 2.78 bits per heavy atom. The van der Waals surface area contributed by atoms with Gasteiger partial charge in [0.1, 0.15) is 5.69 Å². The number of hydrazine groups is 1. The second-order valence-corrected chi connectivity index (χ2v) is 5.95. The fourth-order valence-electron chi connectivity index (χ4n) is 2.70. The molecule has 3 rings (SSSR count). The minimum atomic E-state index is -0.0176. The molecule has 8 heteroatoms. The van der Waals surface area contributed by atoms with Crippen LogP contribution in [0, 0.1) is 16.7 Å². The molecule has 8 nitrogen and oxygen atoms in total. The van der Waals surface area contributed by atoms with Gasteiger partial charge in [-0.25, -0.2) is 4.98 Å². The highest BCUT2D eigenvalue weighted by molar-refractivity contribution is 5.94. The van der Waals surface area contributed by atoms with Crippen LogP contribution in [0.2, 0.25) is 0 Å². The highest BCUT2D eigenvalue weighted by Gasteiger charge is 2.17. The molecule has 0 aliphatic carbocycles. The van der Waals surface area contributed by atoms with Crippen LogP contribution in [0.5, 0.6) is 0 Å². The summed E-state index contributed by atoms with van der Waals surface area (Å²) in [6.07, 6.45) is 11.1. The molecule has 0 atom stereocenters. The van der Waals surface area contributed by atoms with E-state index in [1.807, 2.05) is 44.2 Å². The van der Waals surface area contributed by atoms with Crippen LogP contribution in [0.25, 0.3) is 10.9 Å². The molecule has 0 saturated heterocycles. The molecular weight excluding hydrogens is 344 g/mol. The van der Waals surface area contributed by atoms with Crippen LogP contribution in [-0.2, 0) is 6.42 Å². The van der Waals surface area contributed by atoms with Crippen LogP contribution in [0.3, 0.4) is 0 Å². The van der Waals surface area contributed by atoms with E-state index < -0.39 is 0 Å². The Bertz CT molecular complexity index is 1000. The molecule has 2 heterocycles. The lowest BCUT2D eigenvalue weighted by atomic mass is 9.99. The van der Waals surface area contributed by atoms with Gasteiger partial charge in [-0.1, -0.05) is 29.9 Å². The number of aryl methyl sites for hydroxylation is 1. The van der Waals surface area contributed by atoms with Gasteiger partial charge in [-0.15, -0.1) is 14.9 Å². The number of hydrazone groups is 1. The topological polar surface area (TPSA) is 99.2 Å². The first kappa shape index (κ1) is 18.1. The van der Waals surface area contributed by atoms with E-state index in [9.17, 15) is 9.81 Å². The largest absolute Gasteiger partial charge is 0.284 e. The number of nitrogens with zero attached hydrogens (tertiary/aromatic N) is 5. The van der Waals surface area contributed by atoms with Gasteiger partial charge in [0.15, 0.2) is 6.34 Å². The van der Waals surface area contributed by atoms with Crippen LogP contribution >= 0.6 is 0 Å². The zero-order valence-electron chi connectivity index (χ0n) is 15.0. The Morgan fingerprint density at radius 2 is 2.11 bits per heavy atom. The zero-order valence-corrected chi connectivity index (χ0v) is 15.0. The Balaban J connectivity index is 2.01. The van der Waals surface area contributed by atoms with E-state index in [-0.39, 0.29) is 11.5 Å². The molecule has 1 aromatic heterocycles. The highest BCUT2D eigenvalue weighted by atomic mass is 16.3. The maximum atomic E-state index is 11.6. The van der Waals surface area contributed by atoms with Crippen molar-refractivity contribution in [2.75, 3.05) is 0 Å². The Hall–Kier alpha value is -3.68. The molecule has 0 unspecified atom stereocenters. The minimum absolute atomic E-state index is 0.0176. The van der Waals surface area contributed by atoms with Crippen molar-refractivity contribution < 1.29 is 0 Å². The summed E-state index contributed by atoms with van der Waals surface area (Å²) in [7, 11) is 0. The zero-order chi connectivity index (χ0) is 19.2. The number of nitrogens with one attached hydrogen (secondary N) is 1. The van der Waals surface area contributed by atoms with Gasteiger partial charge in [-0.3, -0.25) is 5.43 Å². The van der Waals surface area contributed by atoms with E-state index in [1.165, 1.54) is 0 Å². The van der Waals surface area contributed by atoms with Gasteiger partial charge in [0.2, 0.25) is 5.82 Å². The van der Waals surface area contributed by atoms with Crippen molar-refractivity contribution in [2.24, 2.45) is 15.5 Å². The number of fused-ring (bicyclic) bond motifs is 1. The molecule has 1 aliphatic rings. The third kappa shape index (κ3) is 4.30. The standard InChI is InChI=1S/C19H18N6O2/c1-3-5-14(6-4-9-20-25-12-21-25)11-16-18(23-26)15-10-13(2)7-8-17(15)22-19(16)24-27/h3-10,12,20H,11H2,1-2H3/b5-3-,9-4+,14-6+. The van der Waals surface area contributed by atoms with Gasteiger partial charge in [0.05, 0.1) is 5.52 Å². The van der Waals surface area contributed by atoms with E-state index in [0.717, 1.165) is 11.1 Å². The van der Waals surface area contributed by atoms with E-state index in [4.69, 9.17) is 0 Å². The Labute approximate surface area is 155 Å². The summed E-state index contributed by atoms with van der Waals surface area (Å²) in [4.78, 5) is 27.3. The third-order valence-corrected chi connectivity index (χ3v) is 3.97. The normalized spacial score (nSPS) is 13.7. The molecule has 2 aromatic rings. The van der Waals surface area contributed by atoms with E-state index in [2.05, 4.69) is 25.9 Å². The van der Waals surface area contributed by atoms with Crippen molar-refractivity contribution in [3.63, 3.8) is 0 Å². The maximum Gasteiger partial charge on any atom is 0.202 e. The summed E-state index contributed by atoms with van der Waals surface area (Å²) in [6.45, 7) is 3.81. The van der Waals surface area contributed by atoms with Gasteiger partial charge >= 0.3 is 0 Å². The summed E-state index contributed by atoms with van der Waals surface area (Å²) in [5.41, 5.74) is 5.89. The maximum absolute atomic E-state index is 11.6. The first-order valence-electron chi connectivity index (χ1n) is 8.34. The number of pyridine rings is 1. The van der Waals surface area contributed by atoms with Crippen molar-refractivity contribution in [3.05, 3.63) is 75.2 Å². The lowest BCUT2D eigenvalue weighted by Gasteiger charge is -2.10. The summed E-state index contributed by atoms with van der Waals surface area (Å²) in [5.74, 6) is -0.0176. The smallest absolute Gasteiger partial charge is 0.202 e. The molecule has 1 N–H and O–H groups in total. The van der Waals surface area contributed by atoms with Gasteiger partial charge < -0.3 is 0 Å². The SMILES string of the molecule is C\C=C/C(=C\C=C\NN1C=N1)Cc1c(N=O)nc2ccc(C)cc2c1N=O. The molecule has 0 radical (unpaired) electrons. The average Bonchev–Trinajstić information content (AvgIpc) is 3.49. The Kier molecular flexibility index (Phi) is 5.46. The summed E-state index contributed by atoms with van der Waals surface area (Å²) >= 11 is 0. The molecular formula is C19H18N6O2. The van der Waals surface area contributed by atoms with Gasteiger partial charge in [-0.2, -0.15) is 5.12 Å². The predicted molar refractivity (Wildman–Crippen MR) is 107 cm³/mol. The molecule has 0 bridgehead atoms. The summed E-state index contributed by atoms with van der Waals surface area (Å²) in [6, 6.07) is 5.45. The molecule has 0 saturated carbocycles. The van der Waals surface area contributed by atoms with E-state index in [1.54, 1.807) is 29.8 Å². The lowest BCUT2D eigenvalue weighted by molar-refractivity contribution is 0.483. The molecule has 1 aromatic carbocycles. The minimum Gasteiger partial charge on any atom is -0.284 e. The molecule has 1 aliphatic heterocycles. The van der Waals surface area contributed by atoms with Crippen LogP contribution in [0.15, 0.2) is 69.7 Å².